The van der Waals surface area contributed by atoms with Gasteiger partial charge in [-0.25, -0.2) is 9.18 Å². The summed E-state index contributed by atoms with van der Waals surface area (Å²) < 4.78 is 25.7. The fourth-order valence-electron chi connectivity index (χ4n) is 4.86. The van der Waals surface area contributed by atoms with Gasteiger partial charge in [0.15, 0.2) is 0 Å². The maximum absolute atomic E-state index is 14.9. The van der Waals surface area contributed by atoms with Crippen LogP contribution in [-0.2, 0) is 25.6 Å². The predicted octanol–water partition coefficient (Wildman–Crippen LogP) is 5.15. The van der Waals surface area contributed by atoms with Crippen LogP contribution in [0.15, 0.2) is 70.9 Å². The molecule has 7 heteroatoms. The molecule has 0 fully saturated rings. The third kappa shape index (κ3) is 6.46. The fraction of sp³-hybridized carbons (Fsp3) is 0.414. The van der Waals surface area contributed by atoms with Crippen LogP contribution in [0.1, 0.15) is 44.7 Å². The molecule has 6 nitrogen and oxygen atoms in total. The number of methoxy groups -OCH3 is 1. The van der Waals surface area contributed by atoms with Gasteiger partial charge in [-0.2, -0.15) is 0 Å². The monoisotopic (exact) mass is 494 g/mol. The minimum atomic E-state index is -0.928. The number of nitrogens with zero attached hydrogens (tertiary/aromatic N) is 2. The number of hydrogen-bond donors (Lipinski definition) is 0. The van der Waals surface area contributed by atoms with Crippen LogP contribution in [0, 0.1) is 17.2 Å². The molecular weight excluding hydrogens is 459 g/mol. The van der Waals surface area contributed by atoms with Gasteiger partial charge in [0.05, 0.1) is 19.3 Å². The first-order valence-corrected chi connectivity index (χ1v) is 12.0. The Hall–Kier alpha value is -3.32. The number of halogens is 1. The second-order valence-electron chi connectivity index (χ2n) is 10.2. The molecule has 36 heavy (non-hydrogen) atoms. The minimum Gasteiger partial charge on any atom is -0.468 e. The van der Waals surface area contributed by atoms with Crippen molar-refractivity contribution in [3.05, 3.63) is 82.8 Å². The maximum atomic E-state index is 14.9. The van der Waals surface area contributed by atoms with Gasteiger partial charge in [0, 0.05) is 35.8 Å². The lowest BCUT2D eigenvalue weighted by molar-refractivity contribution is -0.145. The summed E-state index contributed by atoms with van der Waals surface area (Å²) in [4.78, 5) is 32.8. The van der Waals surface area contributed by atoms with Crippen molar-refractivity contribution in [1.29, 1.82) is 0 Å². The molecule has 0 saturated heterocycles. The van der Waals surface area contributed by atoms with Gasteiger partial charge >= 0.3 is 11.9 Å². The lowest BCUT2D eigenvalue weighted by Gasteiger charge is -2.33. The summed E-state index contributed by atoms with van der Waals surface area (Å²) in [7, 11) is 3.29. The molecule has 2 unspecified atom stereocenters. The Labute approximate surface area is 212 Å². The second-order valence-corrected chi connectivity index (χ2v) is 10.2. The molecule has 0 spiro atoms. The van der Waals surface area contributed by atoms with E-state index in [1.807, 2.05) is 39.1 Å². The van der Waals surface area contributed by atoms with E-state index in [4.69, 9.17) is 9.47 Å². The van der Waals surface area contributed by atoms with Crippen molar-refractivity contribution in [3.63, 3.8) is 0 Å². The Morgan fingerprint density at radius 3 is 2.33 bits per heavy atom. The van der Waals surface area contributed by atoms with Gasteiger partial charge in [0.2, 0.25) is 0 Å². The van der Waals surface area contributed by atoms with Crippen molar-refractivity contribution >= 4 is 17.7 Å². The van der Waals surface area contributed by atoms with Gasteiger partial charge in [0.25, 0.3) is 0 Å². The highest BCUT2D eigenvalue weighted by atomic mass is 19.1. The SMILES string of the molecule is COC(=O)C1C(C)=NC(C)=C(C(=O)OCC(C)(C)CN(C)Cc2ccccc2)C1c1ccccc1F. The van der Waals surface area contributed by atoms with Crippen molar-refractivity contribution in [2.24, 2.45) is 16.3 Å². The number of hydrogen-bond acceptors (Lipinski definition) is 6. The maximum Gasteiger partial charge on any atom is 0.336 e. The molecule has 2 aromatic rings. The molecule has 1 aliphatic heterocycles. The van der Waals surface area contributed by atoms with Crippen molar-refractivity contribution < 1.29 is 23.5 Å². The third-order valence-electron chi connectivity index (χ3n) is 6.33. The van der Waals surface area contributed by atoms with Crippen LogP contribution in [0.25, 0.3) is 0 Å². The second kappa shape index (κ2) is 11.6. The van der Waals surface area contributed by atoms with E-state index < -0.39 is 29.6 Å². The molecular formula is C29H35FN2O4. The van der Waals surface area contributed by atoms with E-state index in [1.165, 1.54) is 18.7 Å². The highest BCUT2D eigenvalue weighted by Crippen LogP contribution is 2.41. The Morgan fingerprint density at radius 2 is 1.69 bits per heavy atom. The number of aliphatic imine (C=N–C) groups is 1. The topological polar surface area (TPSA) is 68.2 Å². The Morgan fingerprint density at radius 1 is 1.06 bits per heavy atom. The number of esters is 2. The molecule has 2 aromatic carbocycles. The van der Waals surface area contributed by atoms with Crippen LogP contribution in [0.5, 0.6) is 0 Å². The first-order valence-electron chi connectivity index (χ1n) is 12.0. The van der Waals surface area contributed by atoms with Crippen LogP contribution in [0.3, 0.4) is 0 Å². The highest BCUT2D eigenvalue weighted by Gasteiger charge is 2.43. The average molecular weight is 495 g/mol. The summed E-state index contributed by atoms with van der Waals surface area (Å²) in [6.45, 7) is 9.03. The quantitative estimate of drug-likeness (QED) is 0.451. The zero-order valence-corrected chi connectivity index (χ0v) is 21.9. The molecule has 0 radical (unpaired) electrons. The molecule has 2 atom stereocenters. The first-order chi connectivity index (χ1) is 17.0. The van der Waals surface area contributed by atoms with Gasteiger partial charge in [-0.3, -0.25) is 9.79 Å². The summed E-state index contributed by atoms with van der Waals surface area (Å²) >= 11 is 0. The molecule has 0 N–H and O–H groups in total. The van der Waals surface area contributed by atoms with Crippen LogP contribution in [0.2, 0.25) is 0 Å². The number of allylic oxidation sites excluding steroid dienone is 1. The number of carbonyl (C=O) groups excluding carboxylic acids is 2. The number of ether oxygens (including phenoxy) is 2. The Kier molecular flexibility index (Phi) is 8.79. The van der Waals surface area contributed by atoms with Crippen LogP contribution in [-0.4, -0.2) is 49.9 Å². The van der Waals surface area contributed by atoms with Crippen molar-refractivity contribution in [3.8, 4) is 0 Å². The molecule has 192 valence electrons. The van der Waals surface area contributed by atoms with Gasteiger partial charge < -0.3 is 14.4 Å². The minimum absolute atomic E-state index is 0.150. The third-order valence-corrected chi connectivity index (χ3v) is 6.33. The Balaban J connectivity index is 1.81. The zero-order valence-electron chi connectivity index (χ0n) is 21.9. The van der Waals surface area contributed by atoms with Gasteiger partial charge in [-0.1, -0.05) is 62.4 Å². The molecule has 0 amide bonds. The first kappa shape index (κ1) is 27.3. The Bertz CT molecular complexity index is 1160. The number of rotatable bonds is 9. The van der Waals surface area contributed by atoms with E-state index in [2.05, 4.69) is 22.0 Å². The molecule has 0 bridgehead atoms. The molecule has 0 aliphatic carbocycles. The molecule has 1 aliphatic rings. The zero-order chi connectivity index (χ0) is 26.5. The standard InChI is InChI=1S/C29H35FN2O4/c1-19-24(27(33)35-6)26(22-14-10-11-15-23(22)30)25(20(2)31-19)28(34)36-18-29(3,4)17-32(5)16-21-12-8-7-9-13-21/h7-15,24,26H,16-18H2,1-6H3. The van der Waals surface area contributed by atoms with E-state index in [-0.39, 0.29) is 23.2 Å². The van der Waals surface area contributed by atoms with E-state index in [9.17, 15) is 14.0 Å². The lowest BCUT2D eigenvalue weighted by atomic mass is 9.75. The number of carbonyl (C=O) groups is 2. The molecule has 0 saturated carbocycles. The fourth-order valence-corrected chi connectivity index (χ4v) is 4.86. The van der Waals surface area contributed by atoms with E-state index >= 15 is 0 Å². The van der Waals surface area contributed by atoms with Gasteiger partial charge in [-0.05, 0) is 38.1 Å². The molecule has 1 heterocycles. The summed E-state index contributed by atoms with van der Waals surface area (Å²) in [6, 6.07) is 16.3. The summed E-state index contributed by atoms with van der Waals surface area (Å²) in [5.74, 6) is -3.52. The van der Waals surface area contributed by atoms with Crippen LogP contribution < -0.4 is 0 Å². The molecule has 3 rings (SSSR count). The average Bonchev–Trinajstić information content (AvgIpc) is 2.82. The number of benzene rings is 2. The largest absolute Gasteiger partial charge is 0.468 e. The van der Waals surface area contributed by atoms with Crippen LogP contribution >= 0.6 is 0 Å². The van der Waals surface area contributed by atoms with Gasteiger partial charge in [-0.15, -0.1) is 0 Å². The van der Waals surface area contributed by atoms with Gasteiger partial charge in [0.1, 0.15) is 11.7 Å². The van der Waals surface area contributed by atoms with Crippen molar-refractivity contribution in [1.82, 2.24) is 4.90 Å². The predicted molar refractivity (Wildman–Crippen MR) is 138 cm³/mol. The normalized spacial score (nSPS) is 18.2. The summed E-state index contributed by atoms with van der Waals surface area (Å²) in [5.41, 5.74) is 2.13. The van der Waals surface area contributed by atoms with Crippen molar-refractivity contribution in [2.75, 3.05) is 27.3 Å². The van der Waals surface area contributed by atoms with E-state index in [0.29, 0.717) is 18.0 Å². The highest BCUT2D eigenvalue weighted by molar-refractivity contribution is 6.07. The summed E-state index contributed by atoms with van der Waals surface area (Å²) in [5, 5.41) is 0. The van der Waals surface area contributed by atoms with E-state index in [0.717, 1.165) is 6.54 Å². The smallest absolute Gasteiger partial charge is 0.336 e. The summed E-state index contributed by atoms with van der Waals surface area (Å²) in [6.07, 6.45) is 0. The molecule has 0 aromatic heterocycles. The van der Waals surface area contributed by atoms with E-state index in [1.54, 1.807) is 32.0 Å². The van der Waals surface area contributed by atoms with Crippen molar-refractivity contribution in [2.45, 2.75) is 40.2 Å². The lowest BCUT2D eigenvalue weighted by Crippen LogP contribution is -2.38. The van der Waals surface area contributed by atoms with Crippen LogP contribution in [0.4, 0.5) is 4.39 Å².